The van der Waals surface area contributed by atoms with E-state index in [1.807, 2.05) is 24.3 Å². The number of alkyl halides is 4. The molecule has 1 aromatic heterocycles. The summed E-state index contributed by atoms with van der Waals surface area (Å²) < 4.78 is 63.4. The first-order valence-electron chi connectivity index (χ1n) is 14.2. The third-order valence-corrected chi connectivity index (χ3v) is 7.67. The van der Waals surface area contributed by atoms with Gasteiger partial charge in [0.05, 0.1) is 12.1 Å². The molecule has 234 valence electrons. The van der Waals surface area contributed by atoms with Crippen LogP contribution < -0.4 is 20.3 Å². The lowest BCUT2D eigenvalue weighted by Crippen LogP contribution is -2.41. The van der Waals surface area contributed by atoms with Gasteiger partial charge in [-0.1, -0.05) is 48.6 Å². The number of hydrogen-bond donors (Lipinski definition) is 3. The number of nitrogens with zero attached hydrogens (tertiary/aromatic N) is 4. The van der Waals surface area contributed by atoms with E-state index in [1.165, 1.54) is 23.0 Å². The number of rotatable bonds is 7. The van der Waals surface area contributed by atoms with Gasteiger partial charge in [-0.05, 0) is 77.6 Å². The molecule has 3 N–H and O–H groups in total. The first-order chi connectivity index (χ1) is 21.6. The Morgan fingerprint density at radius 2 is 1.67 bits per heavy atom. The number of aromatic nitrogens is 4. The number of carbonyl (C=O) groups excluding carboxylic acids is 2. The number of H-pyrrole nitrogens is 1. The maximum absolute atomic E-state index is 14.4. The SMILES string of the molecule is O=C(Nc1nn[nH]n1)c1ccc(CN(C(=O)Nc2ccc3c(c2)C(F)(F)OC(F)(F)O3)c2ccc(C3CCCCC3)cc2)cc1. The first kappa shape index (κ1) is 30.0. The summed E-state index contributed by atoms with van der Waals surface area (Å²) in [5.74, 6) is -0.788. The molecule has 1 saturated carbocycles. The van der Waals surface area contributed by atoms with Gasteiger partial charge in [-0.2, -0.15) is 14.0 Å². The summed E-state index contributed by atoms with van der Waals surface area (Å²) in [6, 6.07) is 16.3. The van der Waals surface area contributed by atoms with Crippen LogP contribution in [0.25, 0.3) is 0 Å². The molecule has 1 aliphatic carbocycles. The van der Waals surface area contributed by atoms with Crippen LogP contribution in [0.1, 0.15) is 65.1 Å². The van der Waals surface area contributed by atoms with E-state index >= 15 is 0 Å². The van der Waals surface area contributed by atoms with Gasteiger partial charge < -0.3 is 10.1 Å². The molecule has 0 radical (unpaired) electrons. The number of halogens is 4. The number of nitrogens with one attached hydrogen (secondary N) is 3. The lowest BCUT2D eigenvalue weighted by molar-refractivity contribution is -0.461. The van der Waals surface area contributed by atoms with Crippen LogP contribution in [-0.4, -0.2) is 38.9 Å². The largest absolute Gasteiger partial charge is 0.540 e. The molecule has 4 aromatic rings. The second kappa shape index (κ2) is 12.1. The molecule has 6 rings (SSSR count). The van der Waals surface area contributed by atoms with Gasteiger partial charge in [-0.25, -0.2) is 9.53 Å². The summed E-state index contributed by atoms with van der Waals surface area (Å²) in [6.07, 6.45) is -3.13. The minimum atomic E-state index is -4.51. The van der Waals surface area contributed by atoms with Gasteiger partial charge in [-0.15, -0.1) is 13.9 Å². The highest BCUT2D eigenvalue weighted by Crippen LogP contribution is 2.47. The van der Waals surface area contributed by atoms with Gasteiger partial charge in [0.2, 0.25) is 0 Å². The number of aromatic amines is 1. The van der Waals surface area contributed by atoms with E-state index < -0.39 is 35.7 Å². The Kier molecular flexibility index (Phi) is 8.10. The topological polar surface area (TPSA) is 134 Å². The van der Waals surface area contributed by atoms with E-state index in [9.17, 15) is 27.2 Å². The van der Waals surface area contributed by atoms with Gasteiger partial charge in [0, 0.05) is 16.9 Å². The van der Waals surface area contributed by atoms with E-state index in [0.29, 0.717) is 22.7 Å². The van der Waals surface area contributed by atoms with E-state index in [0.717, 1.165) is 37.8 Å². The average molecular weight is 626 g/mol. The molecule has 2 heterocycles. The van der Waals surface area contributed by atoms with Crippen molar-refractivity contribution in [1.82, 2.24) is 20.6 Å². The van der Waals surface area contributed by atoms with Gasteiger partial charge >= 0.3 is 18.4 Å². The number of anilines is 3. The quantitative estimate of drug-likeness (QED) is 0.194. The van der Waals surface area contributed by atoms with Crippen LogP contribution in [0.3, 0.4) is 0 Å². The molecular weight excluding hydrogens is 598 g/mol. The molecule has 0 spiro atoms. The number of benzene rings is 3. The molecule has 0 bridgehead atoms. The summed E-state index contributed by atoms with van der Waals surface area (Å²) in [6.45, 7) is 0.0426. The van der Waals surface area contributed by atoms with Gasteiger partial charge in [0.15, 0.2) is 0 Å². The second-order valence-corrected chi connectivity index (χ2v) is 10.7. The van der Waals surface area contributed by atoms with Crippen molar-refractivity contribution < 1.29 is 36.6 Å². The van der Waals surface area contributed by atoms with Crippen LogP contribution in [0.2, 0.25) is 0 Å². The maximum Gasteiger partial charge on any atom is 0.540 e. The van der Waals surface area contributed by atoms with Crippen LogP contribution >= 0.6 is 0 Å². The predicted octanol–water partition coefficient (Wildman–Crippen LogP) is 6.75. The number of urea groups is 1. The third kappa shape index (κ3) is 6.87. The van der Waals surface area contributed by atoms with Crippen LogP contribution in [0, 0.1) is 0 Å². The molecule has 2 aliphatic rings. The average Bonchev–Trinajstić information content (AvgIpc) is 3.53. The summed E-state index contributed by atoms with van der Waals surface area (Å²) in [4.78, 5) is 27.6. The zero-order valence-corrected chi connectivity index (χ0v) is 23.6. The summed E-state index contributed by atoms with van der Waals surface area (Å²) >= 11 is 0. The maximum atomic E-state index is 14.4. The number of ether oxygens (including phenoxy) is 2. The smallest absolute Gasteiger partial charge is 0.409 e. The number of fused-ring (bicyclic) bond motifs is 1. The lowest BCUT2D eigenvalue weighted by Gasteiger charge is -2.31. The number of tetrazole rings is 1. The van der Waals surface area contributed by atoms with Crippen molar-refractivity contribution in [2.24, 2.45) is 0 Å². The normalized spacial score (nSPS) is 17.1. The van der Waals surface area contributed by atoms with Crippen molar-refractivity contribution in [2.45, 2.75) is 57.0 Å². The Bertz CT molecular complexity index is 1660. The zero-order valence-electron chi connectivity index (χ0n) is 23.6. The molecule has 0 atom stereocenters. The summed E-state index contributed by atoms with van der Waals surface area (Å²) in [5.41, 5.74) is 1.61. The van der Waals surface area contributed by atoms with Crippen LogP contribution in [0.15, 0.2) is 66.7 Å². The number of hydrogen-bond acceptors (Lipinski definition) is 7. The van der Waals surface area contributed by atoms with Gasteiger partial charge in [-0.3, -0.25) is 15.0 Å². The fourth-order valence-electron chi connectivity index (χ4n) is 5.44. The highest BCUT2D eigenvalue weighted by atomic mass is 19.3. The van der Waals surface area contributed by atoms with E-state index in [2.05, 4.69) is 40.7 Å². The molecule has 15 heteroatoms. The molecular formula is C30H27F4N7O4. The van der Waals surface area contributed by atoms with Crippen LogP contribution in [-0.2, 0) is 17.4 Å². The van der Waals surface area contributed by atoms with Crippen molar-refractivity contribution >= 4 is 29.3 Å². The number of carbonyl (C=O) groups is 2. The van der Waals surface area contributed by atoms with E-state index in [-0.39, 0.29) is 18.2 Å². The second-order valence-electron chi connectivity index (χ2n) is 10.7. The van der Waals surface area contributed by atoms with E-state index in [1.54, 1.807) is 24.3 Å². The van der Waals surface area contributed by atoms with E-state index in [4.69, 9.17) is 0 Å². The Labute approximate surface area is 253 Å². The molecule has 45 heavy (non-hydrogen) atoms. The molecule has 3 aromatic carbocycles. The summed E-state index contributed by atoms with van der Waals surface area (Å²) in [5, 5.41) is 18.0. The predicted molar refractivity (Wildman–Crippen MR) is 153 cm³/mol. The zero-order chi connectivity index (χ0) is 31.6. The standard InChI is InChI=1S/C30H27F4N7O4/c31-29(32)24-16-22(12-15-25(24)44-30(33,34)45-29)35-28(43)41(23-13-10-20(11-14-23)19-4-2-1-3-5-19)17-18-6-8-21(9-7-18)26(42)36-27-37-39-40-38-27/h6-16,19H,1-5,17H2,(H,35,43)(H2,36,37,38,39,40,42). The Hall–Kier alpha value is -5.05. The Balaban J connectivity index is 1.24. The van der Waals surface area contributed by atoms with Crippen LogP contribution in [0.4, 0.5) is 39.7 Å². The number of amides is 3. The van der Waals surface area contributed by atoms with Crippen LogP contribution in [0.5, 0.6) is 5.75 Å². The Morgan fingerprint density at radius 3 is 2.36 bits per heavy atom. The highest BCUT2D eigenvalue weighted by Gasteiger charge is 2.54. The molecule has 0 saturated heterocycles. The van der Waals surface area contributed by atoms with Crippen molar-refractivity contribution in [3.05, 3.63) is 89.0 Å². The Morgan fingerprint density at radius 1 is 0.933 bits per heavy atom. The molecule has 0 unspecified atom stereocenters. The first-order valence-corrected chi connectivity index (χ1v) is 14.2. The lowest BCUT2D eigenvalue weighted by atomic mass is 9.84. The fourth-order valence-corrected chi connectivity index (χ4v) is 5.44. The van der Waals surface area contributed by atoms with Crippen molar-refractivity contribution in [3.8, 4) is 5.75 Å². The van der Waals surface area contributed by atoms with Crippen molar-refractivity contribution in [1.29, 1.82) is 0 Å². The summed E-state index contributed by atoms with van der Waals surface area (Å²) in [7, 11) is 0. The fraction of sp³-hybridized carbons (Fsp3) is 0.300. The molecule has 1 fully saturated rings. The molecule has 1 aliphatic heterocycles. The highest BCUT2D eigenvalue weighted by molar-refractivity contribution is 6.03. The van der Waals surface area contributed by atoms with Crippen molar-refractivity contribution in [3.63, 3.8) is 0 Å². The monoisotopic (exact) mass is 625 g/mol. The molecule has 11 nitrogen and oxygen atoms in total. The minimum absolute atomic E-state index is 0.00961. The molecule has 3 amide bonds. The third-order valence-electron chi connectivity index (χ3n) is 7.67. The minimum Gasteiger partial charge on any atom is -0.409 e. The van der Waals surface area contributed by atoms with Crippen molar-refractivity contribution in [2.75, 3.05) is 15.5 Å². The van der Waals surface area contributed by atoms with Gasteiger partial charge in [0.25, 0.3) is 11.9 Å². The van der Waals surface area contributed by atoms with Gasteiger partial charge in [0.1, 0.15) is 5.75 Å².